The first kappa shape index (κ1) is 11.8. The number of rotatable bonds is 4. The minimum atomic E-state index is -0.329. The molecule has 8 nitrogen and oxygen atoms in total. The number of nitrogens with one attached hydrogen (secondary N) is 2. The summed E-state index contributed by atoms with van der Waals surface area (Å²) >= 11 is 5.97. The molecule has 0 aliphatic carbocycles. The van der Waals surface area contributed by atoms with Crippen LogP contribution in [0.5, 0.6) is 0 Å². The molecule has 1 unspecified atom stereocenters. The molecule has 0 saturated carbocycles. The van der Waals surface area contributed by atoms with Crippen LogP contribution < -0.4 is 16.7 Å². The van der Waals surface area contributed by atoms with Crippen LogP contribution in [0.2, 0.25) is 0 Å². The number of aromatic nitrogens is 4. The van der Waals surface area contributed by atoms with Crippen molar-refractivity contribution in [1.29, 1.82) is 0 Å². The first-order valence-electron chi connectivity index (χ1n) is 4.82. The summed E-state index contributed by atoms with van der Waals surface area (Å²) in [5, 5.41) is 4.81. The Balaban J connectivity index is 2.53. The van der Waals surface area contributed by atoms with Crippen LogP contribution in [0, 0.1) is 0 Å². The maximum absolute atomic E-state index is 5.97. The van der Waals surface area contributed by atoms with Gasteiger partial charge in [-0.15, -0.1) is 5.59 Å². The van der Waals surface area contributed by atoms with Gasteiger partial charge in [0.25, 0.3) is 0 Å². The Labute approximate surface area is 102 Å². The van der Waals surface area contributed by atoms with Gasteiger partial charge >= 0.3 is 0 Å². The van der Waals surface area contributed by atoms with Crippen LogP contribution in [0.15, 0.2) is 6.20 Å². The van der Waals surface area contributed by atoms with Crippen LogP contribution in [0.25, 0.3) is 11.0 Å². The fourth-order valence-corrected chi connectivity index (χ4v) is 1.54. The highest BCUT2D eigenvalue weighted by atomic mass is 35.5. The number of hydrogen-bond donors (Lipinski definition) is 3. The zero-order valence-electron chi connectivity index (χ0n) is 9.31. The van der Waals surface area contributed by atoms with E-state index in [0.717, 1.165) is 0 Å². The number of halogens is 1. The van der Waals surface area contributed by atoms with Crippen molar-refractivity contribution in [2.75, 3.05) is 18.3 Å². The average Bonchev–Trinajstić information content (AvgIpc) is 2.69. The lowest BCUT2D eigenvalue weighted by molar-refractivity contribution is 0.111. The number of hydrazine groups is 1. The van der Waals surface area contributed by atoms with E-state index in [1.807, 2.05) is 0 Å². The van der Waals surface area contributed by atoms with Gasteiger partial charge in [0.2, 0.25) is 5.95 Å². The van der Waals surface area contributed by atoms with Crippen LogP contribution in [0.3, 0.4) is 0 Å². The van der Waals surface area contributed by atoms with Gasteiger partial charge in [0, 0.05) is 0 Å². The molecule has 1 atom stereocenters. The van der Waals surface area contributed by atoms with Crippen LogP contribution in [-0.2, 0) is 4.84 Å². The number of hydrogen-bond acceptors (Lipinski definition) is 7. The molecule has 4 N–H and O–H groups in total. The van der Waals surface area contributed by atoms with E-state index in [9.17, 15) is 0 Å². The van der Waals surface area contributed by atoms with E-state index in [1.165, 1.54) is 7.11 Å². The van der Waals surface area contributed by atoms with Crippen molar-refractivity contribution in [1.82, 2.24) is 25.3 Å². The summed E-state index contributed by atoms with van der Waals surface area (Å²) in [6.07, 6.45) is 1.60. The molecule has 2 heterocycles. The molecular weight excluding hydrogens is 246 g/mol. The third-order valence-corrected chi connectivity index (χ3v) is 2.26. The largest absolute Gasteiger partial charge is 0.368 e. The third-order valence-electron chi connectivity index (χ3n) is 2.08. The first-order chi connectivity index (χ1) is 8.13. The number of anilines is 2. The molecule has 0 amide bonds. The van der Waals surface area contributed by atoms with Crippen molar-refractivity contribution in [2.45, 2.75) is 12.4 Å². The molecule has 0 fully saturated rings. The minimum Gasteiger partial charge on any atom is -0.368 e. The molecule has 0 aliphatic rings. The van der Waals surface area contributed by atoms with Gasteiger partial charge in [-0.1, -0.05) is 11.6 Å². The van der Waals surface area contributed by atoms with Crippen molar-refractivity contribution < 1.29 is 4.84 Å². The smallest absolute Gasteiger partial charge is 0.224 e. The second kappa shape index (κ2) is 4.70. The van der Waals surface area contributed by atoms with Gasteiger partial charge in [-0.25, -0.2) is 4.68 Å². The normalized spacial score (nSPS) is 12.9. The van der Waals surface area contributed by atoms with Crippen molar-refractivity contribution in [3.8, 4) is 0 Å². The molecule has 0 saturated heterocycles. The average molecular weight is 258 g/mol. The summed E-state index contributed by atoms with van der Waals surface area (Å²) in [5.74, 6) is 0.592. The van der Waals surface area contributed by atoms with Gasteiger partial charge in [0.05, 0.1) is 18.7 Å². The quantitative estimate of drug-likeness (QED) is 0.546. The van der Waals surface area contributed by atoms with Crippen LogP contribution >= 0.6 is 11.6 Å². The molecule has 2 aromatic heterocycles. The second-order valence-electron chi connectivity index (χ2n) is 3.26. The molecule has 0 aliphatic heterocycles. The number of fused-ring (bicyclic) bond motifs is 1. The fraction of sp³-hybridized carbons (Fsp3) is 0.375. The predicted molar refractivity (Wildman–Crippen MR) is 64.1 cm³/mol. The van der Waals surface area contributed by atoms with E-state index in [4.69, 9.17) is 17.3 Å². The lowest BCUT2D eigenvalue weighted by Crippen LogP contribution is -2.21. The van der Waals surface area contributed by atoms with Gasteiger partial charge in [-0.3, -0.25) is 10.3 Å². The van der Waals surface area contributed by atoms with Crippen molar-refractivity contribution in [3.63, 3.8) is 0 Å². The first-order valence-corrected chi connectivity index (χ1v) is 5.26. The SMILES string of the molecule is CONNc1nc(N)nc2c1cnn2C(C)Cl. The molecule has 0 aromatic carbocycles. The van der Waals surface area contributed by atoms with Crippen molar-refractivity contribution in [2.24, 2.45) is 0 Å². The number of nitrogen functional groups attached to an aromatic ring is 1. The maximum atomic E-state index is 5.97. The van der Waals surface area contributed by atoms with Gasteiger partial charge in [0.15, 0.2) is 11.5 Å². The van der Waals surface area contributed by atoms with E-state index in [-0.39, 0.29) is 11.4 Å². The number of alkyl halides is 1. The Morgan fingerprint density at radius 1 is 1.53 bits per heavy atom. The Hall–Kier alpha value is -1.64. The topological polar surface area (TPSA) is 103 Å². The Morgan fingerprint density at radius 3 is 2.94 bits per heavy atom. The van der Waals surface area contributed by atoms with Gasteiger partial charge in [-0.2, -0.15) is 15.1 Å². The van der Waals surface area contributed by atoms with E-state index in [1.54, 1.807) is 17.8 Å². The standard InChI is InChI=1S/C8H12ClN7O/c1-4(9)16-7-5(3-11-16)6(14-15-17-2)12-8(10)13-7/h3-4,15H,1-2H3,(H3,10,12,13,14). The second-order valence-corrected chi connectivity index (χ2v) is 3.89. The van der Waals surface area contributed by atoms with Gasteiger partial charge in [0.1, 0.15) is 5.50 Å². The summed E-state index contributed by atoms with van der Waals surface area (Å²) in [6.45, 7) is 1.78. The summed E-state index contributed by atoms with van der Waals surface area (Å²) in [5.41, 5.74) is 11.0. The summed E-state index contributed by atoms with van der Waals surface area (Å²) < 4.78 is 1.55. The van der Waals surface area contributed by atoms with Crippen LogP contribution in [0.1, 0.15) is 12.4 Å². The van der Waals surface area contributed by atoms with E-state index in [0.29, 0.717) is 16.9 Å². The Bertz CT molecular complexity index is 526. The molecule has 0 bridgehead atoms. The van der Waals surface area contributed by atoms with Crippen LogP contribution in [-0.4, -0.2) is 26.9 Å². The predicted octanol–water partition coefficient (Wildman–Crippen LogP) is 0.644. The van der Waals surface area contributed by atoms with E-state index >= 15 is 0 Å². The Morgan fingerprint density at radius 2 is 2.29 bits per heavy atom. The van der Waals surface area contributed by atoms with Crippen LogP contribution in [0.4, 0.5) is 11.8 Å². The molecule has 9 heteroatoms. The zero-order chi connectivity index (χ0) is 12.4. The summed E-state index contributed by atoms with van der Waals surface area (Å²) in [6, 6.07) is 0. The number of nitrogens with zero attached hydrogens (tertiary/aromatic N) is 4. The third kappa shape index (κ3) is 2.23. The molecule has 2 aromatic rings. The minimum absolute atomic E-state index is 0.122. The van der Waals surface area contributed by atoms with E-state index in [2.05, 4.69) is 30.9 Å². The maximum Gasteiger partial charge on any atom is 0.224 e. The van der Waals surface area contributed by atoms with Gasteiger partial charge in [-0.05, 0) is 6.92 Å². The molecule has 0 radical (unpaired) electrons. The monoisotopic (exact) mass is 257 g/mol. The summed E-state index contributed by atoms with van der Waals surface area (Å²) in [7, 11) is 1.47. The summed E-state index contributed by atoms with van der Waals surface area (Å²) in [4.78, 5) is 12.8. The Kier molecular flexibility index (Phi) is 3.27. The fourth-order valence-electron chi connectivity index (χ4n) is 1.40. The number of nitrogens with two attached hydrogens (primary N) is 1. The highest BCUT2D eigenvalue weighted by molar-refractivity contribution is 6.19. The molecule has 17 heavy (non-hydrogen) atoms. The van der Waals surface area contributed by atoms with Crippen molar-refractivity contribution >= 4 is 34.4 Å². The van der Waals surface area contributed by atoms with Crippen molar-refractivity contribution in [3.05, 3.63) is 6.20 Å². The highest BCUT2D eigenvalue weighted by Gasteiger charge is 2.13. The lowest BCUT2D eigenvalue weighted by atomic mass is 10.4. The molecule has 2 rings (SSSR count). The van der Waals surface area contributed by atoms with E-state index < -0.39 is 0 Å². The molecule has 92 valence electrons. The molecular formula is C8H12ClN7O. The molecule has 0 spiro atoms. The lowest BCUT2D eigenvalue weighted by Gasteiger charge is -2.08. The van der Waals surface area contributed by atoms with Gasteiger partial charge < -0.3 is 5.73 Å². The zero-order valence-corrected chi connectivity index (χ0v) is 10.1. The highest BCUT2D eigenvalue weighted by Crippen LogP contribution is 2.23.